The van der Waals surface area contributed by atoms with Crippen molar-refractivity contribution in [3.05, 3.63) is 47.8 Å². The van der Waals surface area contributed by atoms with Gasteiger partial charge in [-0.3, -0.25) is 9.58 Å². The minimum Gasteiger partial charge on any atom is -0.447 e. The third kappa shape index (κ3) is 3.28. The molecule has 22 heavy (non-hydrogen) atoms. The van der Waals surface area contributed by atoms with Crippen molar-refractivity contribution in [1.82, 2.24) is 15.1 Å². The van der Waals surface area contributed by atoms with E-state index in [0.29, 0.717) is 13.2 Å². The number of nitrogens with one attached hydrogen (secondary N) is 1. The second-order valence-electron chi connectivity index (χ2n) is 5.24. The van der Waals surface area contributed by atoms with Crippen LogP contribution in [0.1, 0.15) is 18.1 Å². The molecule has 1 saturated heterocycles. The fraction of sp³-hybridized carbons (Fsp3) is 0.375. The third-order valence-electron chi connectivity index (χ3n) is 3.68. The van der Waals surface area contributed by atoms with E-state index in [1.54, 1.807) is 4.90 Å². The lowest BCUT2D eigenvalue weighted by atomic mass is 10.2. The van der Waals surface area contributed by atoms with Crippen molar-refractivity contribution >= 4 is 11.8 Å². The number of hydrogen-bond donors (Lipinski definition) is 1. The summed E-state index contributed by atoms with van der Waals surface area (Å²) in [5, 5.41) is 7.65. The van der Waals surface area contributed by atoms with E-state index in [1.807, 2.05) is 35.1 Å². The average Bonchev–Trinajstić information content (AvgIpc) is 3.17. The van der Waals surface area contributed by atoms with Gasteiger partial charge in [0.2, 0.25) is 0 Å². The lowest BCUT2D eigenvalue weighted by Gasteiger charge is -2.13. The number of carbonyl (C=O) groups is 1. The first-order valence-corrected chi connectivity index (χ1v) is 7.51. The number of anilines is 1. The standard InChI is InChI=1S/C16H20N4O2/c1-2-19-12-14(11-18-19)10-17-9-13-3-5-15(6-4-13)20-7-8-22-16(20)21/h3-6,11-12,17H,2,7-10H2,1H3. The summed E-state index contributed by atoms with van der Waals surface area (Å²) >= 11 is 0. The fourth-order valence-electron chi connectivity index (χ4n) is 2.44. The second-order valence-corrected chi connectivity index (χ2v) is 5.24. The number of amides is 1. The molecule has 0 radical (unpaired) electrons. The van der Waals surface area contributed by atoms with Crippen LogP contribution in [0.4, 0.5) is 10.5 Å². The lowest BCUT2D eigenvalue weighted by Crippen LogP contribution is -2.23. The Bertz CT molecular complexity index is 636. The van der Waals surface area contributed by atoms with Crippen molar-refractivity contribution in [1.29, 1.82) is 0 Å². The monoisotopic (exact) mass is 300 g/mol. The SMILES string of the molecule is CCn1cc(CNCc2ccc(N3CCOC3=O)cc2)cn1. The highest BCUT2D eigenvalue weighted by Crippen LogP contribution is 2.19. The molecule has 1 N–H and O–H groups in total. The second kappa shape index (κ2) is 6.62. The van der Waals surface area contributed by atoms with Gasteiger partial charge in [-0.2, -0.15) is 5.10 Å². The molecule has 6 heteroatoms. The molecule has 1 amide bonds. The largest absolute Gasteiger partial charge is 0.447 e. The summed E-state index contributed by atoms with van der Waals surface area (Å²) < 4.78 is 6.86. The Morgan fingerprint density at radius 3 is 2.64 bits per heavy atom. The van der Waals surface area contributed by atoms with Crippen molar-refractivity contribution in [2.75, 3.05) is 18.1 Å². The third-order valence-corrected chi connectivity index (χ3v) is 3.68. The van der Waals surface area contributed by atoms with Crippen LogP contribution in [0.5, 0.6) is 0 Å². The molecule has 1 aromatic heterocycles. The summed E-state index contributed by atoms with van der Waals surface area (Å²) in [6.07, 6.45) is 3.67. The highest BCUT2D eigenvalue weighted by atomic mass is 16.6. The summed E-state index contributed by atoms with van der Waals surface area (Å²) in [7, 11) is 0. The molecule has 3 rings (SSSR count). The molecule has 1 aromatic carbocycles. The summed E-state index contributed by atoms with van der Waals surface area (Å²) in [6, 6.07) is 7.98. The maximum absolute atomic E-state index is 11.5. The van der Waals surface area contributed by atoms with Crippen LogP contribution in [0, 0.1) is 0 Å². The number of aryl methyl sites for hydroxylation is 1. The number of ether oxygens (including phenoxy) is 1. The Morgan fingerprint density at radius 2 is 2.00 bits per heavy atom. The average molecular weight is 300 g/mol. The van der Waals surface area contributed by atoms with Gasteiger partial charge in [0.1, 0.15) is 6.61 Å². The van der Waals surface area contributed by atoms with Crippen LogP contribution < -0.4 is 10.2 Å². The highest BCUT2D eigenvalue weighted by Gasteiger charge is 2.23. The Balaban J connectivity index is 1.51. The summed E-state index contributed by atoms with van der Waals surface area (Å²) in [4.78, 5) is 13.1. The van der Waals surface area contributed by atoms with E-state index in [2.05, 4.69) is 23.5 Å². The predicted molar refractivity (Wildman–Crippen MR) is 83.6 cm³/mol. The molecule has 1 fully saturated rings. The molecule has 0 spiro atoms. The number of rotatable bonds is 6. The fourth-order valence-corrected chi connectivity index (χ4v) is 2.44. The molecule has 0 saturated carbocycles. The first-order valence-electron chi connectivity index (χ1n) is 7.51. The Hall–Kier alpha value is -2.34. The van der Waals surface area contributed by atoms with Gasteiger partial charge in [-0.15, -0.1) is 0 Å². The summed E-state index contributed by atoms with van der Waals surface area (Å²) in [6.45, 7) is 5.62. The van der Waals surface area contributed by atoms with Crippen LogP contribution >= 0.6 is 0 Å². The van der Waals surface area contributed by atoms with Crippen molar-refractivity contribution in [3.8, 4) is 0 Å². The molecule has 1 aliphatic heterocycles. The van der Waals surface area contributed by atoms with Crippen LogP contribution in [0.15, 0.2) is 36.7 Å². The number of benzene rings is 1. The molecular weight excluding hydrogens is 280 g/mol. The van der Waals surface area contributed by atoms with Gasteiger partial charge in [0.25, 0.3) is 0 Å². The molecule has 6 nitrogen and oxygen atoms in total. The van der Waals surface area contributed by atoms with E-state index in [1.165, 1.54) is 11.1 Å². The van der Waals surface area contributed by atoms with Crippen molar-refractivity contribution < 1.29 is 9.53 Å². The normalized spacial score (nSPS) is 14.4. The van der Waals surface area contributed by atoms with E-state index < -0.39 is 0 Å². The first-order chi connectivity index (χ1) is 10.8. The molecule has 2 heterocycles. The molecule has 0 aliphatic carbocycles. The Morgan fingerprint density at radius 1 is 1.23 bits per heavy atom. The van der Waals surface area contributed by atoms with E-state index >= 15 is 0 Å². The first kappa shape index (κ1) is 14.6. The molecule has 116 valence electrons. The number of hydrogen-bond acceptors (Lipinski definition) is 4. The van der Waals surface area contributed by atoms with Gasteiger partial charge in [-0.25, -0.2) is 4.79 Å². The quantitative estimate of drug-likeness (QED) is 0.888. The topological polar surface area (TPSA) is 59.4 Å². The maximum atomic E-state index is 11.5. The van der Waals surface area contributed by atoms with E-state index in [-0.39, 0.29) is 6.09 Å². The number of nitrogens with zero attached hydrogens (tertiary/aromatic N) is 3. The number of aromatic nitrogens is 2. The molecule has 0 unspecified atom stereocenters. The van der Waals surface area contributed by atoms with Crippen LogP contribution in [-0.4, -0.2) is 29.0 Å². The van der Waals surface area contributed by atoms with E-state index in [9.17, 15) is 4.79 Å². The van der Waals surface area contributed by atoms with Gasteiger partial charge in [0, 0.05) is 37.1 Å². The Labute approximate surface area is 129 Å². The highest BCUT2D eigenvalue weighted by molar-refractivity contribution is 5.89. The van der Waals surface area contributed by atoms with Crippen molar-refractivity contribution in [2.24, 2.45) is 0 Å². The van der Waals surface area contributed by atoms with Crippen LogP contribution in [0.3, 0.4) is 0 Å². The summed E-state index contributed by atoms with van der Waals surface area (Å²) in [5.74, 6) is 0. The van der Waals surface area contributed by atoms with Gasteiger partial charge in [-0.1, -0.05) is 12.1 Å². The lowest BCUT2D eigenvalue weighted by molar-refractivity contribution is 0.181. The molecular formula is C16H20N4O2. The van der Waals surface area contributed by atoms with Gasteiger partial charge in [-0.05, 0) is 24.6 Å². The molecule has 1 aliphatic rings. The molecule has 0 atom stereocenters. The van der Waals surface area contributed by atoms with E-state index in [4.69, 9.17) is 4.74 Å². The maximum Gasteiger partial charge on any atom is 0.414 e. The zero-order chi connectivity index (χ0) is 15.4. The number of carbonyl (C=O) groups excluding carboxylic acids is 1. The molecule has 2 aromatic rings. The van der Waals surface area contributed by atoms with Crippen molar-refractivity contribution in [3.63, 3.8) is 0 Å². The smallest absolute Gasteiger partial charge is 0.414 e. The van der Waals surface area contributed by atoms with Crippen molar-refractivity contribution in [2.45, 2.75) is 26.6 Å². The van der Waals surface area contributed by atoms with Gasteiger partial charge >= 0.3 is 6.09 Å². The molecule has 0 bridgehead atoms. The minimum atomic E-state index is -0.265. The minimum absolute atomic E-state index is 0.265. The van der Waals surface area contributed by atoms with E-state index in [0.717, 1.165) is 25.3 Å². The zero-order valence-electron chi connectivity index (χ0n) is 12.7. The van der Waals surface area contributed by atoms with Crippen LogP contribution in [0.25, 0.3) is 0 Å². The van der Waals surface area contributed by atoms with Gasteiger partial charge in [0.15, 0.2) is 0 Å². The predicted octanol–water partition coefficient (Wildman–Crippen LogP) is 2.15. The van der Waals surface area contributed by atoms with Gasteiger partial charge in [0.05, 0.1) is 12.7 Å². The van der Waals surface area contributed by atoms with Crippen LogP contribution in [-0.2, 0) is 24.4 Å². The summed E-state index contributed by atoms with van der Waals surface area (Å²) in [5.41, 5.74) is 3.24. The zero-order valence-corrected chi connectivity index (χ0v) is 12.7. The van der Waals surface area contributed by atoms with Gasteiger partial charge < -0.3 is 10.1 Å². The van der Waals surface area contributed by atoms with Crippen LogP contribution in [0.2, 0.25) is 0 Å². The Kier molecular flexibility index (Phi) is 4.39. The number of cyclic esters (lactones) is 1.